The van der Waals surface area contributed by atoms with Crippen LogP contribution < -0.4 is 4.74 Å². The van der Waals surface area contributed by atoms with Crippen molar-refractivity contribution >= 4 is 0 Å². The average Bonchev–Trinajstić information content (AvgIpc) is 2.31. The summed E-state index contributed by atoms with van der Waals surface area (Å²) in [6.45, 7) is 6.11. The highest BCUT2D eigenvalue weighted by molar-refractivity contribution is 5.41. The van der Waals surface area contributed by atoms with E-state index in [1.807, 2.05) is 20.0 Å². The molecule has 0 saturated carbocycles. The van der Waals surface area contributed by atoms with Crippen LogP contribution in [0.3, 0.4) is 0 Å². The summed E-state index contributed by atoms with van der Waals surface area (Å²) in [6, 6.07) is 0. The fourth-order valence-electron chi connectivity index (χ4n) is 2.04. The molecule has 1 aromatic rings. The van der Waals surface area contributed by atoms with Crippen LogP contribution >= 0.6 is 0 Å². The number of hydrogen-bond donors (Lipinski definition) is 1. The zero-order valence-corrected chi connectivity index (χ0v) is 11.3. The van der Waals surface area contributed by atoms with Gasteiger partial charge in [-0.1, -0.05) is 19.8 Å². The topological polar surface area (TPSA) is 42.4 Å². The molecule has 1 unspecified atom stereocenters. The van der Waals surface area contributed by atoms with E-state index < -0.39 is 0 Å². The second kappa shape index (κ2) is 6.60. The van der Waals surface area contributed by atoms with E-state index in [1.54, 1.807) is 7.11 Å². The molecule has 1 heterocycles. The maximum Gasteiger partial charge on any atom is 0.128 e. The van der Waals surface area contributed by atoms with Crippen molar-refractivity contribution in [2.24, 2.45) is 0 Å². The molecule has 0 fully saturated rings. The maximum absolute atomic E-state index is 9.91. The Labute approximate surface area is 104 Å². The first-order chi connectivity index (χ1) is 8.10. The summed E-state index contributed by atoms with van der Waals surface area (Å²) in [5.74, 6) is 0.887. The smallest absolute Gasteiger partial charge is 0.128 e. The summed E-state index contributed by atoms with van der Waals surface area (Å²) in [6.07, 6.45) is 5.14. The van der Waals surface area contributed by atoms with Gasteiger partial charge in [-0.05, 0) is 20.3 Å². The Morgan fingerprint density at radius 3 is 2.71 bits per heavy atom. The number of hydrogen-bond acceptors (Lipinski definition) is 3. The van der Waals surface area contributed by atoms with Gasteiger partial charge < -0.3 is 9.84 Å². The van der Waals surface area contributed by atoms with Crippen molar-refractivity contribution in [2.75, 3.05) is 7.11 Å². The molecule has 0 aliphatic rings. The highest BCUT2D eigenvalue weighted by Gasteiger charge is 2.13. The zero-order chi connectivity index (χ0) is 12.8. The van der Waals surface area contributed by atoms with Crippen LogP contribution in [-0.4, -0.2) is 23.3 Å². The Bertz CT molecular complexity index is 363. The molecule has 3 nitrogen and oxygen atoms in total. The van der Waals surface area contributed by atoms with Gasteiger partial charge >= 0.3 is 0 Å². The summed E-state index contributed by atoms with van der Waals surface area (Å²) in [5, 5.41) is 9.91. The van der Waals surface area contributed by atoms with E-state index >= 15 is 0 Å². The van der Waals surface area contributed by atoms with Gasteiger partial charge in [0.2, 0.25) is 0 Å². The summed E-state index contributed by atoms with van der Waals surface area (Å²) >= 11 is 0. The first-order valence-corrected chi connectivity index (χ1v) is 6.27. The molecular weight excluding hydrogens is 214 g/mol. The van der Waals surface area contributed by atoms with Crippen molar-refractivity contribution < 1.29 is 9.84 Å². The van der Waals surface area contributed by atoms with Gasteiger partial charge in [0.25, 0.3) is 0 Å². The minimum atomic E-state index is -0.298. The molecule has 1 atom stereocenters. The Kier molecular flexibility index (Phi) is 5.42. The summed E-state index contributed by atoms with van der Waals surface area (Å²) < 4.78 is 5.36. The van der Waals surface area contributed by atoms with Crippen LogP contribution in [0.4, 0.5) is 0 Å². The van der Waals surface area contributed by atoms with Crippen molar-refractivity contribution in [3.05, 3.63) is 23.0 Å². The Morgan fingerprint density at radius 1 is 1.41 bits per heavy atom. The normalized spacial score (nSPS) is 12.5. The van der Waals surface area contributed by atoms with Gasteiger partial charge in [-0.2, -0.15) is 0 Å². The van der Waals surface area contributed by atoms with Gasteiger partial charge in [-0.3, -0.25) is 4.98 Å². The molecule has 1 aromatic heterocycles. The van der Waals surface area contributed by atoms with E-state index in [0.29, 0.717) is 6.42 Å². The number of unbranched alkanes of at least 4 members (excludes halogenated alkanes) is 1. The standard InChI is InChI=1S/C14H23NO2/c1-5-6-7-12(16)8-13-11(3)14(17-4)10(2)9-15-13/h9,12,16H,5-8H2,1-4H3. The second-order valence-electron chi connectivity index (χ2n) is 4.55. The van der Waals surface area contributed by atoms with Gasteiger partial charge in [0, 0.05) is 29.4 Å². The number of methoxy groups -OCH3 is 1. The lowest BCUT2D eigenvalue weighted by Crippen LogP contribution is -2.13. The quantitative estimate of drug-likeness (QED) is 0.827. The molecule has 0 spiro atoms. The van der Waals surface area contributed by atoms with Crippen LogP contribution in [0.2, 0.25) is 0 Å². The SMILES string of the molecule is CCCCC(O)Cc1ncc(C)c(OC)c1C. The number of aliphatic hydroxyl groups is 1. The predicted octanol–water partition coefficient (Wildman–Crippen LogP) is 2.80. The fraction of sp³-hybridized carbons (Fsp3) is 0.643. The minimum absolute atomic E-state index is 0.298. The lowest BCUT2D eigenvalue weighted by atomic mass is 10.0. The maximum atomic E-state index is 9.91. The number of rotatable bonds is 6. The van der Waals surface area contributed by atoms with Crippen molar-refractivity contribution in [3.8, 4) is 5.75 Å². The van der Waals surface area contributed by atoms with Crippen LogP contribution in [0, 0.1) is 13.8 Å². The van der Waals surface area contributed by atoms with Crippen molar-refractivity contribution in [1.82, 2.24) is 4.98 Å². The van der Waals surface area contributed by atoms with Crippen LogP contribution in [0.5, 0.6) is 5.75 Å². The Morgan fingerprint density at radius 2 is 2.12 bits per heavy atom. The van der Waals surface area contributed by atoms with Gasteiger partial charge in [-0.25, -0.2) is 0 Å². The molecule has 0 aliphatic heterocycles. The van der Waals surface area contributed by atoms with E-state index in [4.69, 9.17) is 4.74 Å². The predicted molar refractivity (Wildman–Crippen MR) is 69.5 cm³/mol. The number of aliphatic hydroxyl groups excluding tert-OH is 1. The third-order valence-electron chi connectivity index (χ3n) is 3.07. The molecule has 0 saturated heterocycles. The molecular formula is C14H23NO2. The van der Waals surface area contributed by atoms with E-state index in [1.165, 1.54) is 0 Å². The number of aryl methyl sites for hydroxylation is 1. The van der Waals surface area contributed by atoms with Crippen LogP contribution in [-0.2, 0) is 6.42 Å². The minimum Gasteiger partial charge on any atom is -0.496 e. The molecule has 0 radical (unpaired) electrons. The molecule has 96 valence electrons. The van der Waals surface area contributed by atoms with Crippen molar-refractivity contribution in [3.63, 3.8) is 0 Å². The van der Waals surface area contributed by atoms with E-state index in [-0.39, 0.29) is 6.10 Å². The van der Waals surface area contributed by atoms with Gasteiger partial charge in [0.05, 0.1) is 13.2 Å². The number of nitrogens with zero attached hydrogens (tertiary/aromatic N) is 1. The van der Waals surface area contributed by atoms with Crippen molar-refractivity contribution in [1.29, 1.82) is 0 Å². The fourth-order valence-corrected chi connectivity index (χ4v) is 2.04. The van der Waals surface area contributed by atoms with Crippen LogP contribution in [0.25, 0.3) is 0 Å². The van der Waals surface area contributed by atoms with E-state index in [0.717, 1.165) is 41.8 Å². The lowest BCUT2D eigenvalue weighted by Gasteiger charge is -2.15. The summed E-state index contributed by atoms with van der Waals surface area (Å²) in [5.41, 5.74) is 3.02. The van der Waals surface area contributed by atoms with Gasteiger partial charge in [0.15, 0.2) is 0 Å². The number of ether oxygens (including phenoxy) is 1. The first-order valence-electron chi connectivity index (χ1n) is 6.27. The van der Waals surface area contributed by atoms with E-state index in [9.17, 15) is 5.11 Å². The summed E-state index contributed by atoms with van der Waals surface area (Å²) in [7, 11) is 1.67. The Hall–Kier alpha value is -1.09. The molecule has 0 aliphatic carbocycles. The second-order valence-corrected chi connectivity index (χ2v) is 4.55. The van der Waals surface area contributed by atoms with E-state index in [2.05, 4.69) is 11.9 Å². The molecule has 17 heavy (non-hydrogen) atoms. The number of aromatic nitrogens is 1. The number of pyridine rings is 1. The van der Waals surface area contributed by atoms with Gasteiger partial charge in [-0.15, -0.1) is 0 Å². The molecule has 1 rings (SSSR count). The highest BCUT2D eigenvalue weighted by atomic mass is 16.5. The van der Waals surface area contributed by atoms with Crippen molar-refractivity contribution in [2.45, 2.75) is 52.6 Å². The third kappa shape index (κ3) is 3.70. The highest BCUT2D eigenvalue weighted by Crippen LogP contribution is 2.25. The third-order valence-corrected chi connectivity index (χ3v) is 3.07. The van der Waals surface area contributed by atoms with Crippen LogP contribution in [0.1, 0.15) is 43.0 Å². The lowest BCUT2D eigenvalue weighted by molar-refractivity contribution is 0.160. The molecule has 1 N–H and O–H groups in total. The monoisotopic (exact) mass is 237 g/mol. The molecule has 3 heteroatoms. The van der Waals surface area contributed by atoms with Crippen LogP contribution in [0.15, 0.2) is 6.20 Å². The average molecular weight is 237 g/mol. The molecule has 0 aromatic carbocycles. The molecule has 0 amide bonds. The largest absolute Gasteiger partial charge is 0.496 e. The Balaban J connectivity index is 2.78. The zero-order valence-electron chi connectivity index (χ0n) is 11.3. The first kappa shape index (κ1) is 14.0. The summed E-state index contributed by atoms with van der Waals surface area (Å²) in [4.78, 5) is 4.39. The van der Waals surface area contributed by atoms with Gasteiger partial charge in [0.1, 0.15) is 5.75 Å². The molecule has 0 bridgehead atoms.